The third-order valence-electron chi connectivity index (χ3n) is 9.29. The molecule has 0 rings (SSSR count). The number of nitrogens with zero attached hydrogens (tertiary/aromatic N) is 1. The summed E-state index contributed by atoms with van der Waals surface area (Å²) < 4.78 is 33.8. The van der Waals surface area contributed by atoms with E-state index in [1.54, 1.807) is 0 Å². The molecule has 0 radical (unpaired) electrons. The largest absolute Gasteiger partial charge is 0.756 e. The fourth-order valence-electron chi connectivity index (χ4n) is 5.88. The number of allylic oxidation sites excluding steroid dienone is 2. The normalized spacial score (nSPS) is 13.7. The van der Waals surface area contributed by atoms with Gasteiger partial charge in [-0.25, -0.2) is 0 Å². The molecule has 10 heteroatoms. The summed E-state index contributed by atoms with van der Waals surface area (Å²) in [6.45, 7) is 4.22. The fraction of sp³-hybridized carbons (Fsp3) is 0.905. The molecule has 0 saturated heterocycles. The van der Waals surface area contributed by atoms with Crippen molar-refractivity contribution in [2.75, 3.05) is 47.5 Å². The predicted octanol–water partition coefficient (Wildman–Crippen LogP) is 11.2. The number of esters is 2. The number of phosphoric ester groups is 1. The van der Waals surface area contributed by atoms with Gasteiger partial charge in [0.2, 0.25) is 0 Å². The van der Waals surface area contributed by atoms with Crippen LogP contribution in [-0.2, 0) is 32.7 Å². The number of carbonyl (C=O) groups is 2. The molecule has 2 atom stereocenters. The molecule has 0 amide bonds. The molecule has 2 unspecified atom stereocenters. The second-order valence-corrected chi connectivity index (χ2v) is 17.1. The number of unbranched alkanes of at least 4 members (excludes halogenated alkanes) is 23. The lowest BCUT2D eigenvalue weighted by Crippen LogP contribution is -2.37. The maximum Gasteiger partial charge on any atom is 0.306 e. The van der Waals surface area contributed by atoms with Gasteiger partial charge >= 0.3 is 11.9 Å². The summed E-state index contributed by atoms with van der Waals surface area (Å²) in [5.41, 5.74) is 0. The highest BCUT2D eigenvalue weighted by atomic mass is 31.2. The third kappa shape index (κ3) is 38.5. The van der Waals surface area contributed by atoms with E-state index in [4.69, 9.17) is 18.5 Å². The molecule has 0 aliphatic rings. The van der Waals surface area contributed by atoms with Gasteiger partial charge in [0, 0.05) is 12.8 Å². The number of ether oxygens (including phenoxy) is 2. The van der Waals surface area contributed by atoms with E-state index in [-0.39, 0.29) is 32.0 Å². The van der Waals surface area contributed by atoms with Gasteiger partial charge in [0.15, 0.2) is 6.10 Å². The maximum absolute atomic E-state index is 12.6. The molecule has 0 N–H and O–H groups in total. The summed E-state index contributed by atoms with van der Waals surface area (Å²) in [6.07, 6.45) is 35.2. The Morgan fingerprint density at radius 3 is 1.42 bits per heavy atom. The predicted molar refractivity (Wildman–Crippen MR) is 213 cm³/mol. The van der Waals surface area contributed by atoms with Crippen LogP contribution in [-0.4, -0.2) is 70.0 Å². The van der Waals surface area contributed by atoms with Crippen LogP contribution in [0.3, 0.4) is 0 Å². The molecule has 0 aliphatic heterocycles. The molecule has 0 bridgehead atoms. The summed E-state index contributed by atoms with van der Waals surface area (Å²) >= 11 is 0. The average Bonchev–Trinajstić information content (AvgIpc) is 3.09. The first-order chi connectivity index (χ1) is 25.0. The van der Waals surface area contributed by atoms with Crippen molar-refractivity contribution in [1.29, 1.82) is 0 Å². The van der Waals surface area contributed by atoms with E-state index in [0.29, 0.717) is 17.4 Å². The smallest absolute Gasteiger partial charge is 0.306 e. The number of likely N-dealkylation sites (N-methyl/N-ethyl adjacent to an activating group) is 1. The van der Waals surface area contributed by atoms with Gasteiger partial charge < -0.3 is 27.9 Å². The molecule has 0 spiro atoms. The Labute approximate surface area is 320 Å². The van der Waals surface area contributed by atoms with E-state index in [1.165, 1.54) is 116 Å². The van der Waals surface area contributed by atoms with Gasteiger partial charge in [-0.05, 0) is 38.5 Å². The van der Waals surface area contributed by atoms with Crippen LogP contribution in [0, 0.1) is 0 Å². The molecule has 0 aromatic rings. The second kappa shape index (κ2) is 35.5. The zero-order valence-electron chi connectivity index (χ0n) is 34.5. The van der Waals surface area contributed by atoms with Crippen molar-refractivity contribution in [1.82, 2.24) is 0 Å². The van der Waals surface area contributed by atoms with Crippen LogP contribution >= 0.6 is 7.82 Å². The Morgan fingerprint density at radius 1 is 0.577 bits per heavy atom. The van der Waals surface area contributed by atoms with Crippen LogP contribution in [0.2, 0.25) is 0 Å². The Balaban J connectivity index is 4.32. The van der Waals surface area contributed by atoms with E-state index in [9.17, 15) is 19.0 Å². The Morgan fingerprint density at radius 2 is 0.981 bits per heavy atom. The molecule has 0 aromatic heterocycles. The first kappa shape index (κ1) is 50.8. The van der Waals surface area contributed by atoms with Gasteiger partial charge in [-0.3, -0.25) is 14.2 Å². The first-order valence-corrected chi connectivity index (χ1v) is 22.9. The topological polar surface area (TPSA) is 111 Å². The number of hydrogen-bond donors (Lipinski definition) is 0. The van der Waals surface area contributed by atoms with Crippen LogP contribution < -0.4 is 4.89 Å². The van der Waals surface area contributed by atoms with Crippen molar-refractivity contribution in [2.24, 2.45) is 0 Å². The van der Waals surface area contributed by atoms with Crippen LogP contribution in [0.15, 0.2) is 12.2 Å². The van der Waals surface area contributed by atoms with Gasteiger partial charge in [-0.1, -0.05) is 154 Å². The lowest BCUT2D eigenvalue weighted by Gasteiger charge is -2.28. The van der Waals surface area contributed by atoms with Crippen LogP contribution in [0.1, 0.15) is 194 Å². The molecular formula is C42H82NO8P. The van der Waals surface area contributed by atoms with Crippen LogP contribution in [0.4, 0.5) is 0 Å². The van der Waals surface area contributed by atoms with Gasteiger partial charge in [-0.2, -0.15) is 0 Å². The van der Waals surface area contributed by atoms with Gasteiger partial charge in [-0.15, -0.1) is 0 Å². The van der Waals surface area contributed by atoms with Crippen molar-refractivity contribution in [3.8, 4) is 0 Å². The van der Waals surface area contributed by atoms with E-state index >= 15 is 0 Å². The van der Waals surface area contributed by atoms with E-state index in [0.717, 1.165) is 44.9 Å². The molecule has 0 saturated carbocycles. The summed E-state index contributed by atoms with van der Waals surface area (Å²) in [5.74, 6) is -0.834. The molecule has 0 aromatic carbocycles. The van der Waals surface area contributed by atoms with Gasteiger partial charge in [0.05, 0.1) is 27.7 Å². The van der Waals surface area contributed by atoms with Crippen molar-refractivity contribution in [3.05, 3.63) is 12.2 Å². The number of phosphoric acid groups is 1. The Bertz CT molecular complexity index is 907. The fourth-order valence-corrected chi connectivity index (χ4v) is 6.61. The maximum atomic E-state index is 12.6. The zero-order valence-corrected chi connectivity index (χ0v) is 35.4. The molecule has 308 valence electrons. The minimum absolute atomic E-state index is 0.0288. The summed E-state index contributed by atoms with van der Waals surface area (Å²) in [7, 11) is 1.17. The number of rotatable bonds is 39. The zero-order chi connectivity index (χ0) is 38.6. The second-order valence-electron chi connectivity index (χ2n) is 15.7. The van der Waals surface area contributed by atoms with Crippen molar-refractivity contribution >= 4 is 19.8 Å². The SMILES string of the molecule is CCCCCCCCC/C=C\CCCCCCCCCC(=O)OC(COC(=O)CCCCCCCCCCCC)COP(=O)([O-])OCC[N+](C)(C)C. The van der Waals surface area contributed by atoms with Crippen LogP contribution in [0.5, 0.6) is 0 Å². The highest BCUT2D eigenvalue weighted by Crippen LogP contribution is 2.38. The molecule has 0 fully saturated rings. The van der Waals surface area contributed by atoms with Crippen molar-refractivity contribution < 1.29 is 42.1 Å². The molecule has 52 heavy (non-hydrogen) atoms. The van der Waals surface area contributed by atoms with E-state index in [2.05, 4.69) is 26.0 Å². The summed E-state index contributed by atoms with van der Waals surface area (Å²) in [6, 6.07) is 0. The highest BCUT2D eigenvalue weighted by Gasteiger charge is 2.21. The van der Waals surface area contributed by atoms with Gasteiger partial charge in [0.25, 0.3) is 7.82 Å². The van der Waals surface area contributed by atoms with E-state index < -0.39 is 26.5 Å². The lowest BCUT2D eigenvalue weighted by molar-refractivity contribution is -0.870. The summed E-state index contributed by atoms with van der Waals surface area (Å²) in [5, 5.41) is 0. The van der Waals surface area contributed by atoms with Crippen molar-refractivity contribution in [2.45, 2.75) is 200 Å². The highest BCUT2D eigenvalue weighted by molar-refractivity contribution is 7.45. The minimum Gasteiger partial charge on any atom is -0.756 e. The molecule has 0 aliphatic carbocycles. The van der Waals surface area contributed by atoms with Crippen LogP contribution in [0.25, 0.3) is 0 Å². The van der Waals surface area contributed by atoms with E-state index in [1.807, 2.05) is 21.1 Å². The first-order valence-electron chi connectivity index (χ1n) is 21.4. The molecule has 9 nitrogen and oxygen atoms in total. The van der Waals surface area contributed by atoms with Crippen molar-refractivity contribution in [3.63, 3.8) is 0 Å². The average molecular weight is 760 g/mol. The number of carbonyl (C=O) groups excluding carboxylic acids is 2. The third-order valence-corrected chi connectivity index (χ3v) is 10.2. The standard InChI is InChI=1S/C42H82NO8P/c1-6-8-10-12-14-16-18-19-20-21-22-23-24-25-27-29-31-33-35-42(45)51-40(39-50-52(46,47)49-37-36-43(3,4)5)38-48-41(44)34-32-30-28-26-17-15-13-11-9-7-2/h20-21,40H,6-19,22-39H2,1-5H3/b21-20-. The monoisotopic (exact) mass is 760 g/mol. The summed E-state index contributed by atoms with van der Waals surface area (Å²) in [4.78, 5) is 37.4. The Hall–Kier alpha value is -1.25. The quantitative estimate of drug-likeness (QED) is 0.0200. The number of hydrogen-bond acceptors (Lipinski definition) is 8. The lowest BCUT2D eigenvalue weighted by atomic mass is 10.1. The Kier molecular flexibility index (Phi) is 34.6. The van der Waals surface area contributed by atoms with Gasteiger partial charge in [0.1, 0.15) is 19.8 Å². The molecular weight excluding hydrogens is 677 g/mol. The molecule has 0 heterocycles. The number of quaternary nitrogens is 1. The minimum atomic E-state index is -4.62.